The summed E-state index contributed by atoms with van der Waals surface area (Å²) in [6.45, 7) is 3.14. The van der Waals surface area contributed by atoms with Crippen LogP contribution < -0.4 is 9.64 Å². The third kappa shape index (κ3) is 2.39. The zero-order valence-corrected chi connectivity index (χ0v) is 14.0. The molecule has 0 unspecified atom stereocenters. The minimum absolute atomic E-state index is 0.619. The van der Waals surface area contributed by atoms with Gasteiger partial charge in [0.15, 0.2) is 6.73 Å². The molecule has 0 saturated carbocycles. The number of nitrogens with zero attached hydrogens (tertiary/aromatic N) is 2. The predicted octanol–water partition coefficient (Wildman–Crippen LogP) is 3.47. The van der Waals surface area contributed by atoms with Crippen molar-refractivity contribution in [3.05, 3.63) is 59.7 Å². The van der Waals surface area contributed by atoms with Gasteiger partial charge in [-0.2, -0.15) is 0 Å². The fourth-order valence-corrected chi connectivity index (χ4v) is 4.68. The van der Waals surface area contributed by atoms with Gasteiger partial charge in [0.05, 0.1) is 5.69 Å². The molecule has 0 aromatic heterocycles. The van der Waals surface area contributed by atoms with Crippen LogP contribution >= 0.6 is 0 Å². The summed E-state index contributed by atoms with van der Waals surface area (Å²) in [4.78, 5) is 5.19. The van der Waals surface area contributed by atoms with E-state index in [1.807, 2.05) is 0 Å². The summed E-state index contributed by atoms with van der Waals surface area (Å²) in [5, 5.41) is 0. The van der Waals surface area contributed by atoms with E-state index >= 15 is 0 Å². The predicted molar refractivity (Wildman–Crippen MR) is 96.6 cm³/mol. The normalized spacial score (nSPS) is 21.6. The molecule has 3 nitrogen and oxygen atoms in total. The van der Waals surface area contributed by atoms with E-state index in [9.17, 15) is 0 Å². The van der Waals surface area contributed by atoms with Crippen molar-refractivity contribution in [2.75, 3.05) is 24.7 Å². The van der Waals surface area contributed by atoms with Crippen molar-refractivity contribution in [2.45, 2.75) is 37.8 Å². The minimum atomic E-state index is 0.619. The van der Waals surface area contributed by atoms with Gasteiger partial charge in [-0.1, -0.05) is 36.4 Å². The van der Waals surface area contributed by atoms with E-state index in [4.69, 9.17) is 4.74 Å². The third-order valence-electron chi connectivity index (χ3n) is 6.02. The molecule has 1 saturated heterocycles. The van der Waals surface area contributed by atoms with Gasteiger partial charge in [-0.3, -0.25) is 4.90 Å². The molecule has 5 rings (SSSR count). The first kappa shape index (κ1) is 14.4. The average molecular weight is 320 g/mol. The molecule has 3 aliphatic rings. The maximum atomic E-state index is 5.85. The Morgan fingerprint density at radius 2 is 1.46 bits per heavy atom. The van der Waals surface area contributed by atoms with Crippen molar-refractivity contribution in [3.8, 4) is 5.75 Å². The summed E-state index contributed by atoms with van der Waals surface area (Å²) in [6.07, 6.45) is 4.95. The molecule has 1 fully saturated rings. The first-order valence-electron chi connectivity index (χ1n) is 9.18. The van der Waals surface area contributed by atoms with E-state index in [1.54, 1.807) is 11.1 Å². The van der Waals surface area contributed by atoms with Gasteiger partial charge in [0.1, 0.15) is 5.75 Å². The molecule has 0 atom stereocenters. The second-order valence-corrected chi connectivity index (χ2v) is 7.31. The summed E-state index contributed by atoms with van der Waals surface area (Å²) in [6, 6.07) is 18.8. The highest BCUT2D eigenvalue weighted by atomic mass is 16.5. The molecule has 2 aromatic carbocycles. The maximum absolute atomic E-state index is 5.85. The number of benzene rings is 2. The van der Waals surface area contributed by atoms with Crippen LogP contribution in [-0.2, 0) is 12.8 Å². The van der Waals surface area contributed by atoms with E-state index in [0.717, 1.165) is 12.5 Å². The van der Waals surface area contributed by atoms with E-state index in [0.29, 0.717) is 12.1 Å². The summed E-state index contributed by atoms with van der Waals surface area (Å²) in [7, 11) is 0. The zero-order valence-electron chi connectivity index (χ0n) is 14.0. The first-order valence-corrected chi connectivity index (χ1v) is 9.18. The fourth-order valence-electron chi connectivity index (χ4n) is 4.68. The van der Waals surface area contributed by atoms with Gasteiger partial charge in [0, 0.05) is 25.2 Å². The van der Waals surface area contributed by atoms with Gasteiger partial charge >= 0.3 is 0 Å². The number of para-hydroxylation sites is 2. The van der Waals surface area contributed by atoms with Gasteiger partial charge in [0.25, 0.3) is 0 Å². The lowest BCUT2D eigenvalue weighted by Crippen LogP contribution is -2.48. The number of piperidine rings is 1. The molecule has 1 aliphatic carbocycles. The standard InChI is InChI=1S/C21H24N2O/c1-2-6-17-14-19(13-16(17)5-1)22-11-9-18(10-12-22)23-15-24-21-8-4-3-7-20(21)23/h1-8,18-19H,9-15H2. The van der Waals surface area contributed by atoms with Crippen LogP contribution in [0.15, 0.2) is 48.5 Å². The van der Waals surface area contributed by atoms with Crippen molar-refractivity contribution >= 4 is 5.69 Å². The maximum Gasteiger partial charge on any atom is 0.161 e. The monoisotopic (exact) mass is 320 g/mol. The van der Waals surface area contributed by atoms with E-state index < -0.39 is 0 Å². The Bertz CT molecular complexity index is 711. The number of hydrogen-bond donors (Lipinski definition) is 0. The Labute approximate surface area is 143 Å². The Morgan fingerprint density at radius 3 is 2.21 bits per heavy atom. The SMILES string of the molecule is c1ccc2c(c1)CC(N1CCC(N3COc4ccccc43)CC1)C2. The number of ether oxygens (including phenoxy) is 1. The van der Waals surface area contributed by atoms with Gasteiger partial charge in [0.2, 0.25) is 0 Å². The molecule has 0 amide bonds. The first-order chi connectivity index (χ1) is 11.9. The molecule has 124 valence electrons. The lowest BCUT2D eigenvalue weighted by molar-refractivity contribution is 0.151. The lowest BCUT2D eigenvalue weighted by Gasteiger charge is -2.39. The molecule has 2 aromatic rings. The van der Waals surface area contributed by atoms with Crippen LogP contribution in [0.1, 0.15) is 24.0 Å². The van der Waals surface area contributed by atoms with Crippen molar-refractivity contribution in [1.82, 2.24) is 4.90 Å². The number of hydrogen-bond acceptors (Lipinski definition) is 3. The van der Waals surface area contributed by atoms with Crippen LogP contribution in [0.3, 0.4) is 0 Å². The van der Waals surface area contributed by atoms with Crippen molar-refractivity contribution in [2.24, 2.45) is 0 Å². The Balaban J connectivity index is 1.23. The molecule has 0 N–H and O–H groups in total. The minimum Gasteiger partial charge on any atom is -0.471 e. The average Bonchev–Trinajstić information content (AvgIpc) is 3.26. The molecule has 0 bridgehead atoms. The summed E-state index contributed by atoms with van der Waals surface area (Å²) < 4.78 is 5.85. The number of likely N-dealkylation sites (tertiary alicyclic amines) is 1. The molecule has 24 heavy (non-hydrogen) atoms. The van der Waals surface area contributed by atoms with E-state index in [2.05, 4.69) is 58.3 Å². The molecular formula is C21H24N2O. The molecular weight excluding hydrogens is 296 g/mol. The molecule has 0 spiro atoms. The van der Waals surface area contributed by atoms with Gasteiger partial charge in [-0.05, 0) is 48.9 Å². The van der Waals surface area contributed by atoms with Crippen LogP contribution in [0.5, 0.6) is 5.75 Å². The van der Waals surface area contributed by atoms with Gasteiger partial charge in [-0.25, -0.2) is 0 Å². The zero-order chi connectivity index (χ0) is 15.9. The number of rotatable bonds is 2. The van der Waals surface area contributed by atoms with Gasteiger partial charge in [-0.15, -0.1) is 0 Å². The Kier molecular flexibility index (Phi) is 3.48. The van der Waals surface area contributed by atoms with Crippen LogP contribution in [0.4, 0.5) is 5.69 Å². The summed E-state index contributed by atoms with van der Waals surface area (Å²) >= 11 is 0. The Hall–Kier alpha value is -2.00. The quantitative estimate of drug-likeness (QED) is 0.842. The second kappa shape index (κ2) is 5.82. The molecule has 3 heteroatoms. The largest absolute Gasteiger partial charge is 0.471 e. The van der Waals surface area contributed by atoms with E-state index in [-0.39, 0.29) is 0 Å². The lowest BCUT2D eigenvalue weighted by atomic mass is 10.0. The van der Waals surface area contributed by atoms with Crippen LogP contribution in [0.2, 0.25) is 0 Å². The highest BCUT2D eigenvalue weighted by Crippen LogP contribution is 2.37. The molecule has 2 heterocycles. The molecule has 2 aliphatic heterocycles. The molecule has 0 radical (unpaired) electrons. The fraction of sp³-hybridized carbons (Fsp3) is 0.429. The summed E-state index contributed by atoms with van der Waals surface area (Å²) in [5.41, 5.74) is 4.40. The smallest absolute Gasteiger partial charge is 0.161 e. The summed E-state index contributed by atoms with van der Waals surface area (Å²) in [5.74, 6) is 1.05. The topological polar surface area (TPSA) is 15.7 Å². The Morgan fingerprint density at radius 1 is 0.792 bits per heavy atom. The third-order valence-corrected chi connectivity index (χ3v) is 6.02. The van der Waals surface area contributed by atoms with Gasteiger partial charge < -0.3 is 9.64 Å². The van der Waals surface area contributed by atoms with Crippen molar-refractivity contribution in [1.29, 1.82) is 0 Å². The highest BCUT2D eigenvalue weighted by molar-refractivity contribution is 5.61. The van der Waals surface area contributed by atoms with Crippen LogP contribution in [0.25, 0.3) is 0 Å². The van der Waals surface area contributed by atoms with E-state index in [1.165, 1.54) is 44.5 Å². The number of anilines is 1. The van der Waals surface area contributed by atoms with Crippen molar-refractivity contribution in [3.63, 3.8) is 0 Å². The number of fused-ring (bicyclic) bond motifs is 2. The second-order valence-electron chi connectivity index (χ2n) is 7.31. The van der Waals surface area contributed by atoms with Crippen LogP contribution in [-0.4, -0.2) is 36.8 Å². The highest BCUT2D eigenvalue weighted by Gasteiger charge is 2.33. The van der Waals surface area contributed by atoms with Crippen molar-refractivity contribution < 1.29 is 4.74 Å². The van der Waals surface area contributed by atoms with Crippen LogP contribution in [0, 0.1) is 0 Å².